The first-order valence-electron chi connectivity index (χ1n) is 6.24. The third kappa shape index (κ3) is 4.78. The first kappa shape index (κ1) is 18.9. The Balaban J connectivity index is 2.07. The lowest BCUT2D eigenvalue weighted by molar-refractivity contribution is -0.385. The van der Waals surface area contributed by atoms with Gasteiger partial charge in [0.25, 0.3) is 12.3 Å². The van der Waals surface area contributed by atoms with Crippen molar-refractivity contribution < 1.29 is 24.3 Å². The molecule has 126 valence electrons. The van der Waals surface area contributed by atoms with E-state index in [9.17, 15) is 24.4 Å². The highest BCUT2D eigenvalue weighted by Crippen LogP contribution is 2.63. The summed E-state index contributed by atoms with van der Waals surface area (Å²) in [4.78, 5) is 31.6. The van der Waals surface area contributed by atoms with Gasteiger partial charge in [-0.25, -0.2) is 4.79 Å². The molecule has 1 unspecified atom stereocenters. The molecular formula is C13H10NO6PS3. The van der Waals surface area contributed by atoms with Gasteiger partial charge in [-0.15, -0.1) is 0 Å². The van der Waals surface area contributed by atoms with E-state index in [1.54, 1.807) is 30.3 Å². The standard InChI is InChI=1S/C13H10NO6PS3/c15-13(16)11-8-10(6-7-12(11)14(17)18)22-24-23-21(19,20)9-4-2-1-3-5-9/h1-8H,(H,15,16)(H,19,20). The SMILES string of the molecule is O=C(O)c1cc(SSSP(=O)(O)c2ccccc2)ccc1[N+](=O)[O-]. The quantitative estimate of drug-likeness (QED) is 0.303. The Kier molecular flexibility index (Phi) is 6.36. The Bertz CT molecular complexity index is 817. The third-order valence-corrected chi connectivity index (χ3v) is 11.3. The van der Waals surface area contributed by atoms with Crippen LogP contribution in [0.15, 0.2) is 53.4 Å². The number of nitro groups is 1. The molecular weight excluding hydrogens is 393 g/mol. The largest absolute Gasteiger partial charge is 0.477 e. The Morgan fingerprint density at radius 3 is 2.42 bits per heavy atom. The van der Waals surface area contributed by atoms with E-state index in [1.165, 1.54) is 12.1 Å². The summed E-state index contributed by atoms with van der Waals surface area (Å²) < 4.78 is 12.2. The van der Waals surface area contributed by atoms with E-state index >= 15 is 0 Å². The summed E-state index contributed by atoms with van der Waals surface area (Å²) in [6.45, 7) is -3.60. The zero-order valence-corrected chi connectivity index (χ0v) is 15.1. The van der Waals surface area contributed by atoms with Crippen LogP contribution in [0, 0.1) is 10.1 Å². The van der Waals surface area contributed by atoms with Crippen molar-refractivity contribution in [3.8, 4) is 0 Å². The molecule has 0 saturated heterocycles. The molecule has 0 amide bonds. The van der Waals surface area contributed by atoms with Crippen molar-refractivity contribution in [2.75, 3.05) is 0 Å². The second-order valence-corrected chi connectivity index (χ2v) is 12.2. The molecule has 11 heteroatoms. The van der Waals surface area contributed by atoms with Crippen LogP contribution in [-0.2, 0) is 4.57 Å². The number of benzene rings is 2. The van der Waals surface area contributed by atoms with Crippen LogP contribution in [0.5, 0.6) is 0 Å². The summed E-state index contributed by atoms with van der Waals surface area (Å²) in [5.41, 5.74) is -0.924. The van der Waals surface area contributed by atoms with Crippen LogP contribution in [0.4, 0.5) is 5.69 Å². The Morgan fingerprint density at radius 1 is 1.17 bits per heavy atom. The van der Waals surface area contributed by atoms with Crippen LogP contribution in [0.3, 0.4) is 0 Å². The van der Waals surface area contributed by atoms with Crippen molar-refractivity contribution >= 4 is 54.6 Å². The fourth-order valence-electron chi connectivity index (χ4n) is 1.65. The minimum absolute atomic E-state index is 0.304. The zero-order valence-electron chi connectivity index (χ0n) is 11.8. The second kappa shape index (κ2) is 8.09. The molecule has 0 aliphatic carbocycles. The molecule has 0 aromatic heterocycles. The molecule has 0 radical (unpaired) electrons. The van der Waals surface area contributed by atoms with Crippen molar-refractivity contribution in [1.29, 1.82) is 0 Å². The smallest absolute Gasteiger partial charge is 0.342 e. The van der Waals surface area contributed by atoms with E-state index in [0.717, 1.165) is 37.1 Å². The predicted molar refractivity (Wildman–Crippen MR) is 97.0 cm³/mol. The highest BCUT2D eigenvalue weighted by atomic mass is 33.6. The molecule has 2 aromatic carbocycles. The fraction of sp³-hybridized carbons (Fsp3) is 0. The van der Waals surface area contributed by atoms with Gasteiger partial charge in [0.1, 0.15) is 5.56 Å². The molecule has 1 atom stereocenters. The van der Waals surface area contributed by atoms with Gasteiger partial charge < -0.3 is 10.00 Å². The van der Waals surface area contributed by atoms with E-state index in [4.69, 9.17) is 5.11 Å². The molecule has 2 aromatic rings. The van der Waals surface area contributed by atoms with E-state index in [2.05, 4.69) is 0 Å². The van der Waals surface area contributed by atoms with Gasteiger partial charge in [0.15, 0.2) is 0 Å². The number of hydrogen-bond acceptors (Lipinski definition) is 7. The van der Waals surface area contributed by atoms with Crippen molar-refractivity contribution in [3.63, 3.8) is 0 Å². The van der Waals surface area contributed by atoms with Crippen LogP contribution >= 0.6 is 37.6 Å². The molecule has 0 spiro atoms. The van der Waals surface area contributed by atoms with Gasteiger partial charge in [-0.1, -0.05) is 18.2 Å². The number of nitrogens with zero attached hydrogens (tertiary/aromatic N) is 1. The number of aromatic carboxylic acids is 1. The van der Waals surface area contributed by atoms with E-state index in [0.29, 0.717) is 10.2 Å². The Labute approximate surface area is 148 Å². The Hall–Kier alpha value is -1.45. The molecule has 0 fully saturated rings. The van der Waals surface area contributed by atoms with Gasteiger partial charge in [0.05, 0.1) is 4.92 Å². The monoisotopic (exact) mass is 403 g/mol. The van der Waals surface area contributed by atoms with Crippen molar-refractivity contribution in [2.24, 2.45) is 0 Å². The first-order valence-corrected chi connectivity index (χ1v) is 12.0. The minimum atomic E-state index is -3.60. The van der Waals surface area contributed by atoms with Gasteiger partial charge in [0.2, 0.25) is 0 Å². The van der Waals surface area contributed by atoms with Gasteiger partial charge in [0, 0.05) is 26.7 Å². The molecule has 0 saturated carbocycles. The minimum Gasteiger partial charge on any atom is -0.477 e. The molecule has 2 rings (SSSR count). The van der Waals surface area contributed by atoms with E-state index in [-0.39, 0.29) is 0 Å². The maximum absolute atomic E-state index is 12.2. The lowest BCUT2D eigenvalue weighted by atomic mass is 10.2. The Morgan fingerprint density at radius 2 is 1.83 bits per heavy atom. The number of rotatable bonds is 7. The van der Waals surface area contributed by atoms with Crippen LogP contribution in [0.2, 0.25) is 0 Å². The molecule has 0 bridgehead atoms. The van der Waals surface area contributed by atoms with Crippen LogP contribution in [0.1, 0.15) is 10.4 Å². The topological polar surface area (TPSA) is 118 Å². The van der Waals surface area contributed by atoms with Gasteiger partial charge in [-0.3, -0.25) is 14.7 Å². The fourth-order valence-corrected chi connectivity index (χ4v) is 9.82. The van der Waals surface area contributed by atoms with Crippen molar-refractivity contribution in [1.82, 2.24) is 0 Å². The number of hydrogen-bond donors (Lipinski definition) is 2. The summed E-state index contributed by atoms with van der Waals surface area (Å²) in [6.07, 6.45) is 0. The van der Waals surface area contributed by atoms with Crippen molar-refractivity contribution in [3.05, 3.63) is 64.2 Å². The summed E-state index contributed by atoms with van der Waals surface area (Å²) >= 11 is 0. The molecule has 0 aliphatic heterocycles. The second-order valence-electron chi connectivity index (χ2n) is 4.32. The van der Waals surface area contributed by atoms with E-state index < -0.39 is 28.7 Å². The molecule has 24 heavy (non-hydrogen) atoms. The zero-order chi connectivity index (χ0) is 17.7. The van der Waals surface area contributed by atoms with Gasteiger partial charge in [-0.05, 0) is 44.9 Å². The van der Waals surface area contributed by atoms with Crippen molar-refractivity contribution in [2.45, 2.75) is 4.90 Å². The van der Waals surface area contributed by atoms with Crippen LogP contribution in [-0.4, -0.2) is 20.9 Å². The van der Waals surface area contributed by atoms with Crippen LogP contribution in [0.25, 0.3) is 0 Å². The third-order valence-electron chi connectivity index (χ3n) is 2.74. The lowest BCUT2D eigenvalue weighted by Gasteiger charge is -2.09. The normalized spacial score (nSPS) is 13.2. The van der Waals surface area contributed by atoms with Gasteiger partial charge >= 0.3 is 5.97 Å². The average Bonchev–Trinajstić information content (AvgIpc) is 2.55. The highest BCUT2D eigenvalue weighted by molar-refractivity contribution is 9.20. The maximum Gasteiger partial charge on any atom is 0.342 e. The molecule has 0 heterocycles. The average molecular weight is 403 g/mol. The first-order chi connectivity index (χ1) is 11.3. The van der Waals surface area contributed by atoms with Crippen LogP contribution < -0.4 is 5.30 Å². The number of nitro benzene ring substituents is 1. The molecule has 0 aliphatic rings. The van der Waals surface area contributed by atoms with Gasteiger partial charge in [-0.2, -0.15) is 0 Å². The highest BCUT2D eigenvalue weighted by Gasteiger charge is 2.24. The summed E-state index contributed by atoms with van der Waals surface area (Å²) in [5, 5.41) is 20.1. The number of carboxylic acid groups (broad SMARTS) is 1. The summed E-state index contributed by atoms with van der Waals surface area (Å²) in [5.74, 6) is -1.40. The molecule has 7 nitrogen and oxygen atoms in total. The van der Waals surface area contributed by atoms with E-state index in [1.807, 2.05) is 0 Å². The molecule has 2 N–H and O–H groups in total. The summed E-state index contributed by atoms with van der Waals surface area (Å²) in [7, 11) is 2.82. The number of carbonyl (C=O) groups is 1. The predicted octanol–water partition coefficient (Wildman–Crippen LogP) is 4.19. The lowest BCUT2D eigenvalue weighted by Crippen LogP contribution is -2.02. The summed E-state index contributed by atoms with van der Waals surface area (Å²) in [6, 6.07) is 11.8. The maximum atomic E-state index is 12.2. The number of carboxylic acids is 1.